The van der Waals surface area contributed by atoms with Crippen LogP contribution in [0.15, 0.2) is 24.3 Å². The van der Waals surface area contributed by atoms with Crippen molar-refractivity contribution in [3.05, 3.63) is 35.6 Å². The number of aliphatic hydroxyl groups is 1. The molecule has 1 aliphatic carbocycles. The van der Waals surface area contributed by atoms with Gasteiger partial charge in [0, 0.05) is 24.3 Å². The van der Waals surface area contributed by atoms with Crippen LogP contribution in [-0.4, -0.2) is 23.8 Å². The largest absolute Gasteiger partial charge is 0.393 e. The Morgan fingerprint density at radius 2 is 1.95 bits per heavy atom. The molecule has 1 aliphatic rings. The molecule has 0 radical (unpaired) electrons. The van der Waals surface area contributed by atoms with Crippen molar-refractivity contribution in [3.8, 4) is 0 Å². The lowest BCUT2D eigenvalue weighted by atomic mass is 9.77. The van der Waals surface area contributed by atoms with Crippen molar-refractivity contribution in [2.24, 2.45) is 11.7 Å². The van der Waals surface area contributed by atoms with Gasteiger partial charge in [-0.05, 0) is 6.07 Å². The van der Waals surface area contributed by atoms with E-state index in [1.165, 1.54) is 18.2 Å². The number of alkyl halides is 3. The fourth-order valence-electron chi connectivity index (χ4n) is 2.72. The zero-order valence-corrected chi connectivity index (χ0v) is 10.1. The van der Waals surface area contributed by atoms with Crippen LogP contribution in [0.3, 0.4) is 0 Å². The summed E-state index contributed by atoms with van der Waals surface area (Å²) in [5.41, 5.74) is 3.71. The number of hydrogen-bond donors (Lipinski definition) is 2. The molecule has 2 rings (SSSR count). The Hall–Kier alpha value is -1.14. The summed E-state index contributed by atoms with van der Waals surface area (Å²) < 4.78 is 53.7. The lowest BCUT2D eigenvalue weighted by Gasteiger charge is -2.35. The van der Waals surface area contributed by atoms with Crippen LogP contribution >= 0.6 is 0 Å². The van der Waals surface area contributed by atoms with Gasteiger partial charge >= 0.3 is 0 Å². The van der Waals surface area contributed by atoms with Gasteiger partial charge in [-0.1, -0.05) is 18.2 Å². The highest BCUT2D eigenvalue weighted by atomic mass is 19.3. The number of rotatable bonds is 3. The zero-order valence-electron chi connectivity index (χ0n) is 10.1. The maximum atomic E-state index is 13.7. The zero-order chi connectivity index (χ0) is 14.3. The van der Waals surface area contributed by atoms with Crippen molar-refractivity contribution < 1.29 is 22.7 Å². The molecule has 3 N–H and O–H groups in total. The molecule has 0 heterocycles. The van der Waals surface area contributed by atoms with Crippen molar-refractivity contribution in [1.29, 1.82) is 0 Å². The number of halogens is 4. The Labute approximate surface area is 108 Å². The molecule has 0 bridgehead atoms. The summed E-state index contributed by atoms with van der Waals surface area (Å²) >= 11 is 0. The Morgan fingerprint density at radius 1 is 1.32 bits per heavy atom. The average Bonchev–Trinajstić information content (AvgIpc) is 2.63. The number of hydrogen-bond acceptors (Lipinski definition) is 2. The monoisotopic (exact) mass is 277 g/mol. The van der Waals surface area contributed by atoms with E-state index in [0.717, 1.165) is 6.07 Å². The quantitative estimate of drug-likeness (QED) is 0.833. The molecule has 106 valence electrons. The van der Waals surface area contributed by atoms with E-state index >= 15 is 0 Å². The lowest BCUT2D eigenvalue weighted by Crippen LogP contribution is -2.50. The van der Waals surface area contributed by atoms with E-state index in [0.29, 0.717) is 0 Å². The topological polar surface area (TPSA) is 46.2 Å². The molecule has 0 saturated heterocycles. The molecule has 0 aliphatic heterocycles. The molecule has 1 aromatic rings. The van der Waals surface area contributed by atoms with Crippen molar-refractivity contribution in [1.82, 2.24) is 0 Å². The summed E-state index contributed by atoms with van der Waals surface area (Å²) in [7, 11) is 0. The fraction of sp³-hybridized carbons (Fsp3) is 0.538. The van der Waals surface area contributed by atoms with Gasteiger partial charge in [0.05, 0.1) is 11.6 Å². The predicted molar refractivity (Wildman–Crippen MR) is 61.9 cm³/mol. The molecule has 0 spiro atoms. The number of aliphatic hydroxyl groups excluding tert-OH is 1. The predicted octanol–water partition coefficient (Wildman–Crippen LogP) is 2.36. The summed E-state index contributed by atoms with van der Waals surface area (Å²) in [6.07, 6.45) is -2.97. The van der Waals surface area contributed by atoms with Crippen LogP contribution in [0.25, 0.3) is 0 Å². The van der Waals surface area contributed by atoms with E-state index in [2.05, 4.69) is 0 Å². The van der Waals surface area contributed by atoms with Gasteiger partial charge < -0.3 is 10.8 Å². The second-order valence-electron chi connectivity index (χ2n) is 5.09. The van der Waals surface area contributed by atoms with Crippen LogP contribution < -0.4 is 5.73 Å². The molecular formula is C13H15F4NO. The maximum absolute atomic E-state index is 13.7. The lowest BCUT2D eigenvalue weighted by molar-refractivity contribution is -0.00477. The van der Waals surface area contributed by atoms with E-state index in [1.807, 2.05) is 0 Å². The fourth-order valence-corrected chi connectivity index (χ4v) is 2.72. The summed E-state index contributed by atoms with van der Waals surface area (Å²) in [5.74, 6) is -5.08. The summed E-state index contributed by atoms with van der Waals surface area (Å²) in [4.78, 5) is 0. The van der Waals surface area contributed by atoms with Gasteiger partial charge in [0.15, 0.2) is 0 Å². The van der Waals surface area contributed by atoms with E-state index < -0.39 is 48.8 Å². The first-order chi connectivity index (χ1) is 8.80. The molecule has 19 heavy (non-hydrogen) atoms. The van der Waals surface area contributed by atoms with E-state index in [1.54, 1.807) is 0 Å². The first-order valence-electron chi connectivity index (χ1n) is 5.96. The second-order valence-corrected chi connectivity index (χ2v) is 5.09. The standard InChI is InChI=1S/C13H15F4NO/c14-7-13(18,8-3-1-2-4-10(8)15)9-5-12(16,17)6-11(9)19/h1-4,9,11,19H,5-7,18H2/t9?,11-,13-/m1/s1. The van der Waals surface area contributed by atoms with Crippen LogP contribution in [0.5, 0.6) is 0 Å². The molecule has 2 nitrogen and oxygen atoms in total. The molecule has 1 unspecified atom stereocenters. The number of benzene rings is 1. The van der Waals surface area contributed by atoms with E-state index in [9.17, 15) is 22.7 Å². The van der Waals surface area contributed by atoms with Crippen LogP contribution in [-0.2, 0) is 5.54 Å². The second kappa shape index (κ2) is 4.76. The minimum absolute atomic E-state index is 0.181. The van der Waals surface area contributed by atoms with Gasteiger partial charge in [0.2, 0.25) is 0 Å². The van der Waals surface area contributed by atoms with Gasteiger partial charge in [-0.2, -0.15) is 0 Å². The van der Waals surface area contributed by atoms with E-state index in [-0.39, 0.29) is 5.56 Å². The molecule has 6 heteroatoms. The smallest absolute Gasteiger partial charge is 0.251 e. The van der Waals surface area contributed by atoms with Crippen molar-refractivity contribution >= 4 is 0 Å². The normalized spacial score (nSPS) is 29.2. The Morgan fingerprint density at radius 3 is 2.42 bits per heavy atom. The molecule has 1 saturated carbocycles. The molecular weight excluding hydrogens is 262 g/mol. The van der Waals surface area contributed by atoms with Gasteiger partial charge in [0.1, 0.15) is 12.5 Å². The third kappa shape index (κ3) is 2.47. The first kappa shape index (κ1) is 14.3. The van der Waals surface area contributed by atoms with Gasteiger partial charge in [-0.15, -0.1) is 0 Å². The van der Waals surface area contributed by atoms with Crippen LogP contribution in [0.2, 0.25) is 0 Å². The Bertz CT molecular complexity index is 468. The third-order valence-electron chi connectivity index (χ3n) is 3.75. The Balaban J connectivity index is 2.41. The van der Waals surface area contributed by atoms with Crippen LogP contribution in [0.1, 0.15) is 18.4 Å². The highest BCUT2D eigenvalue weighted by Crippen LogP contribution is 2.47. The number of nitrogens with two attached hydrogens (primary N) is 1. The van der Waals surface area contributed by atoms with Gasteiger partial charge in [-0.3, -0.25) is 0 Å². The van der Waals surface area contributed by atoms with Crippen molar-refractivity contribution in [2.75, 3.05) is 6.67 Å². The molecule has 3 atom stereocenters. The summed E-state index contributed by atoms with van der Waals surface area (Å²) in [6.45, 7) is -1.22. The van der Waals surface area contributed by atoms with Crippen molar-refractivity contribution in [2.45, 2.75) is 30.4 Å². The summed E-state index contributed by atoms with van der Waals surface area (Å²) in [6, 6.07) is 5.20. The molecule has 1 fully saturated rings. The molecule has 0 aromatic heterocycles. The minimum atomic E-state index is -3.10. The summed E-state index contributed by atoms with van der Waals surface area (Å²) in [5, 5.41) is 9.69. The van der Waals surface area contributed by atoms with Crippen molar-refractivity contribution in [3.63, 3.8) is 0 Å². The SMILES string of the molecule is N[C@](CF)(c1ccccc1F)C1CC(F)(F)C[C@H]1O. The highest BCUT2D eigenvalue weighted by Gasteiger charge is 2.54. The Kier molecular flexibility index (Phi) is 3.57. The minimum Gasteiger partial charge on any atom is -0.393 e. The van der Waals surface area contributed by atoms with Gasteiger partial charge in [-0.25, -0.2) is 17.6 Å². The third-order valence-corrected chi connectivity index (χ3v) is 3.75. The molecule has 1 aromatic carbocycles. The molecule has 0 amide bonds. The first-order valence-corrected chi connectivity index (χ1v) is 5.96. The highest BCUT2D eigenvalue weighted by molar-refractivity contribution is 5.28. The van der Waals surface area contributed by atoms with E-state index in [4.69, 9.17) is 5.73 Å². The average molecular weight is 277 g/mol. The van der Waals surface area contributed by atoms with Gasteiger partial charge in [0.25, 0.3) is 5.92 Å². The maximum Gasteiger partial charge on any atom is 0.251 e. The van der Waals surface area contributed by atoms with Crippen LogP contribution in [0.4, 0.5) is 17.6 Å². The van der Waals surface area contributed by atoms with Crippen LogP contribution in [0, 0.1) is 11.7 Å².